The Labute approximate surface area is 187 Å². The minimum Gasteiger partial charge on any atom is -0.493 e. The SMILES string of the molecule is CCCC(=O)c1cc(NC(=O)C2C(c3ccc(F)c(Cl)c3)C2(Cl)Cl)cc(F)c1OC. The number of rotatable bonds is 7. The van der Waals surface area contributed by atoms with Crippen molar-refractivity contribution in [3.8, 4) is 5.75 Å². The van der Waals surface area contributed by atoms with Gasteiger partial charge in [-0.1, -0.05) is 24.6 Å². The van der Waals surface area contributed by atoms with Crippen molar-refractivity contribution in [2.75, 3.05) is 12.4 Å². The number of halogens is 5. The van der Waals surface area contributed by atoms with Crippen molar-refractivity contribution in [1.82, 2.24) is 0 Å². The summed E-state index contributed by atoms with van der Waals surface area (Å²) in [4.78, 5) is 25.1. The summed E-state index contributed by atoms with van der Waals surface area (Å²) in [6.45, 7) is 1.82. The molecule has 0 aliphatic heterocycles. The molecule has 9 heteroatoms. The van der Waals surface area contributed by atoms with Crippen molar-refractivity contribution in [2.24, 2.45) is 5.92 Å². The van der Waals surface area contributed by atoms with E-state index in [0.29, 0.717) is 12.0 Å². The van der Waals surface area contributed by atoms with E-state index in [-0.39, 0.29) is 34.2 Å². The maximum Gasteiger partial charge on any atom is 0.231 e. The first-order valence-corrected chi connectivity index (χ1v) is 10.3. The summed E-state index contributed by atoms with van der Waals surface area (Å²) in [5.41, 5.74) is 0.617. The van der Waals surface area contributed by atoms with Gasteiger partial charge in [-0.25, -0.2) is 8.78 Å². The second-order valence-corrected chi connectivity index (χ2v) is 8.86. The van der Waals surface area contributed by atoms with Crippen LogP contribution in [0, 0.1) is 17.6 Å². The number of ether oxygens (including phenoxy) is 1. The first kappa shape index (κ1) is 22.8. The van der Waals surface area contributed by atoms with Gasteiger partial charge in [0.2, 0.25) is 5.91 Å². The van der Waals surface area contributed by atoms with Crippen molar-refractivity contribution < 1.29 is 23.1 Å². The van der Waals surface area contributed by atoms with Gasteiger partial charge in [0.1, 0.15) is 10.2 Å². The zero-order chi connectivity index (χ0) is 22.2. The molecular formula is C21H18Cl3F2NO3. The van der Waals surface area contributed by atoms with Gasteiger partial charge in [0.25, 0.3) is 0 Å². The quantitative estimate of drug-likeness (QED) is 0.386. The molecule has 0 spiro atoms. The minimum atomic E-state index is -1.43. The molecule has 3 rings (SSSR count). The van der Waals surface area contributed by atoms with E-state index in [1.165, 1.54) is 31.4 Å². The summed E-state index contributed by atoms with van der Waals surface area (Å²) in [5.74, 6) is -3.93. The van der Waals surface area contributed by atoms with Gasteiger partial charge in [0, 0.05) is 24.1 Å². The summed E-state index contributed by atoms with van der Waals surface area (Å²) < 4.78 is 31.4. The van der Waals surface area contributed by atoms with Gasteiger partial charge < -0.3 is 10.1 Å². The highest BCUT2D eigenvalue weighted by Crippen LogP contribution is 2.65. The Kier molecular flexibility index (Phi) is 6.60. The molecule has 0 aromatic heterocycles. The maximum atomic E-state index is 14.4. The van der Waals surface area contributed by atoms with E-state index in [1.807, 2.05) is 6.92 Å². The number of amides is 1. The third kappa shape index (κ3) is 4.27. The van der Waals surface area contributed by atoms with E-state index in [4.69, 9.17) is 39.5 Å². The lowest BCUT2D eigenvalue weighted by atomic mass is 10.0. The molecule has 1 aliphatic carbocycles. The van der Waals surface area contributed by atoms with E-state index in [9.17, 15) is 18.4 Å². The highest BCUT2D eigenvalue weighted by atomic mass is 35.5. The summed E-state index contributed by atoms with van der Waals surface area (Å²) in [5, 5.41) is 2.44. The number of Topliss-reactive ketones (excluding diaryl/α,β-unsaturated/α-hetero) is 1. The van der Waals surface area contributed by atoms with Gasteiger partial charge in [0.05, 0.1) is 23.6 Å². The molecule has 160 valence electrons. The van der Waals surface area contributed by atoms with Crippen LogP contribution in [0.3, 0.4) is 0 Å². The fourth-order valence-electron chi connectivity index (χ4n) is 3.44. The molecular weight excluding hydrogens is 459 g/mol. The predicted molar refractivity (Wildman–Crippen MR) is 113 cm³/mol. The summed E-state index contributed by atoms with van der Waals surface area (Å²) in [6.07, 6.45) is 0.779. The molecule has 1 fully saturated rings. The van der Waals surface area contributed by atoms with E-state index >= 15 is 0 Å². The van der Waals surface area contributed by atoms with Crippen LogP contribution in [0.4, 0.5) is 14.5 Å². The Morgan fingerprint density at radius 3 is 2.47 bits per heavy atom. The van der Waals surface area contributed by atoms with Crippen LogP contribution in [0.1, 0.15) is 41.6 Å². The number of carbonyl (C=O) groups excluding carboxylic acids is 2. The van der Waals surface area contributed by atoms with Crippen LogP contribution in [0.2, 0.25) is 5.02 Å². The zero-order valence-corrected chi connectivity index (χ0v) is 18.3. The molecule has 1 N–H and O–H groups in total. The van der Waals surface area contributed by atoms with Gasteiger partial charge in [-0.3, -0.25) is 9.59 Å². The molecule has 2 aromatic carbocycles. The number of hydrogen-bond donors (Lipinski definition) is 1. The minimum absolute atomic E-state index is 0.0373. The third-order valence-electron chi connectivity index (χ3n) is 4.93. The van der Waals surface area contributed by atoms with E-state index in [0.717, 1.165) is 6.07 Å². The lowest BCUT2D eigenvalue weighted by Crippen LogP contribution is -2.18. The number of benzene rings is 2. The van der Waals surface area contributed by atoms with Crippen LogP contribution in [0.25, 0.3) is 0 Å². The van der Waals surface area contributed by atoms with Crippen molar-refractivity contribution in [3.63, 3.8) is 0 Å². The van der Waals surface area contributed by atoms with Crippen molar-refractivity contribution in [3.05, 3.63) is 58.1 Å². The highest BCUT2D eigenvalue weighted by Gasteiger charge is 2.67. The molecule has 30 heavy (non-hydrogen) atoms. The molecule has 4 nitrogen and oxygen atoms in total. The van der Waals surface area contributed by atoms with Crippen LogP contribution < -0.4 is 10.1 Å². The molecule has 1 aliphatic rings. The molecule has 1 saturated carbocycles. The zero-order valence-electron chi connectivity index (χ0n) is 16.1. The highest BCUT2D eigenvalue weighted by molar-refractivity contribution is 6.53. The summed E-state index contributed by atoms with van der Waals surface area (Å²) >= 11 is 18.4. The lowest BCUT2D eigenvalue weighted by Gasteiger charge is -2.12. The number of carbonyl (C=O) groups is 2. The van der Waals surface area contributed by atoms with Gasteiger partial charge in [-0.2, -0.15) is 0 Å². The molecule has 2 atom stereocenters. The van der Waals surface area contributed by atoms with Gasteiger partial charge in [-0.15, -0.1) is 23.2 Å². The monoisotopic (exact) mass is 475 g/mol. The molecule has 0 heterocycles. The van der Waals surface area contributed by atoms with Gasteiger partial charge >= 0.3 is 0 Å². The topological polar surface area (TPSA) is 55.4 Å². The predicted octanol–water partition coefficient (Wildman–Crippen LogP) is 6.14. The fourth-order valence-corrected chi connectivity index (χ4v) is 4.45. The average Bonchev–Trinajstić information content (AvgIpc) is 3.26. The molecule has 2 aromatic rings. The molecule has 0 saturated heterocycles. The fraction of sp³-hybridized carbons (Fsp3) is 0.333. The van der Waals surface area contributed by atoms with Gasteiger partial charge in [-0.05, 0) is 30.2 Å². The summed E-state index contributed by atoms with van der Waals surface area (Å²) in [7, 11) is 1.26. The number of hydrogen-bond acceptors (Lipinski definition) is 3. The molecule has 0 bridgehead atoms. The lowest BCUT2D eigenvalue weighted by molar-refractivity contribution is -0.117. The smallest absolute Gasteiger partial charge is 0.231 e. The van der Waals surface area contributed by atoms with Crippen LogP contribution in [0.15, 0.2) is 30.3 Å². The Hall–Kier alpha value is -1.89. The number of ketones is 1. The normalized spacial score (nSPS) is 19.3. The first-order valence-electron chi connectivity index (χ1n) is 9.16. The Morgan fingerprint density at radius 2 is 1.87 bits per heavy atom. The first-order chi connectivity index (χ1) is 14.1. The van der Waals surface area contributed by atoms with E-state index in [1.54, 1.807) is 0 Å². The van der Waals surface area contributed by atoms with E-state index < -0.39 is 33.7 Å². The van der Waals surface area contributed by atoms with Crippen LogP contribution in [-0.4, -0.2) is 23.1 Å². The van der Waals surface area contributed by atoms with Crippen molar-refractivity contribution in [1.29, 1.82) is 0 Å². The Balaban J connectivity index is 1.85. The summed E-state index contributed by atoms with van der Waals surface area (Å²) in [6, 6.07) is 6.39. The number of alkyl halides is 2. The number of methoxy groups -OCH3 is 1. The molecule has 2 unspecified atom stereocenters. The maximum absolute atomic E-state index is 14.4. The second kappa shape index (κ2) is 8.69. The standard InChI is InChI=1S/C21H18Cl3F2NO3/c1-3-4-16(28)12-8-11(9-15(26)19(12)30-2)27-20(29)18-17(21(18,23)24)10-5-6-14(25)13(22)7-10/h5-9,17-18H,3-4H2,1-2H3,(H,27,29). The molecule has 0 radical (unpaired) electrons. The second-order valence-electron chi connectivity index (χ2n) is 7.00. The van der Waals surface area contributed by atoms with Crippen molar-refractivity contribution in [2.45, 2.75) is 30.0 Å². The van der Waals surface area contributed by atoms with Gasteiger partial charge in [0.15, 0.2) is 17.3 Å². The third-order valence-corrected chi connectivity index (χ3v) is 6.16. The average molecular weight is 477 g/mol. The number of anilines is 1. The van der Waals surface area contributed by atoms with Crippen molar-refractivity contribution >= 4 is 52.2 Å². The Bertz CT molecular complexity index is 1010. The van der Waals surface area contributed by atoms with Crippen LogP contribution in [-0.2, 0) is 4.79 Å². The largest absolute Gasteiger partial charge is 0.493 e. The van der Waals surface area contributed by atoms with Crippen LogP contribution >= 0.6 is 34.8 Å². The van der Waals surface area contributed by atoms with Crippen LogP contribution in [0.5, 0.6) is 5.75 Å². The van der Waals surface area contributed by atoms with E-state index in [2.05, 4.69) is 5.32 Å². The Morgan fingerprint density at radius 1 is 1.17 bits per heavy atom. The number of nitrogens with one attached hydrogen (secondary N) is 1. The molecule has 1 amide bonds.